The quantitative estimate of drug-likeness (QED) is 0.720. The fraction of sp³-hybridized carbons (Fsp3) is 0.353. The van der Waals surface area contributed by atoms with Crippen molar-refractivity contribution in [2.45, 2.75) is 32.6 Å². The Morgan fingerprint density at radius 1 is 1.29 bits per heavy atom. The number of halogens is 1. The van der Waals surface area contributed by atoms with Crippen LogP contribution in [0.2, 0.25) is 5.02 Å². The summed E-state index contributed by atoms with van der Waals surface area (Å²) >= 11 is 7.35. The first-order valence-electron chi connectivity index (χ1n) is 7.99. The van der Waals surface area contributed by atoms with E-state index in [1.165, 1.54) is 21.4 Å². The molecule has 5 nitrogen and oxygen atoms in total. The molecular weight excluding hydrogens is 344 g/mol. The van der Waals surface area contributed by atoms with E-state index in [0.717, 1.165) is 30.1 Å². The van der Waals surface area contributed by atoms with Gasteiger partial charge in [-0.1, -0.05) is 48.9 Å². The summed E-state index contributed by atoms with van der Waals surface area (Å²) < 4.78 is 1.36. The van der Waals surface area contributed by atoms with Crippen LogP contribution in [-0.2, 0) is 6.42 Å². The number of aromatic nitrogens is 3. The molecule has 7 heteroatoms. The predicted octanol–water partition coefficient (Wildman–Crippen LogP) is 3.97. The lowest BCUT2D eigenvalue weighted by atomic mass is 9.97. The highest BCUT2D eigenvalue weighted by Gasteiger charge is 2.12. The molecule has 3 aromatic rings. The minimum Gasteiger partial charge on any atom is -0.359 e. The van der Waals surface area contributed by atoms with E-state index in [-0.39, 0.29) is 5.56 Å². The highest BCUT2D eigenvalue weighted by molar-refractivity contribution is 7.20. The normalized spacial score (nSPS) is 12.5. The lowest BCUT2D eigenvalue weighted by molar-refractivity contribution is 0.693. The average molecular weight is 363 g/mol. The monoisotopic (exact) mass is 362 g/mol. The smallest absolute Gasteiger partial charge is 0.275 e. The number of nitrogens with zero attached hydrogens (tertiary/aromatic N) is 3. The summed E-state index contributed by atoms with van der Waals surface area (Å²) in [4.78, 5) is 17.1. The maximum absolute atomic E-state index is 12.0. The Hall–Kier alpha value is -1.92. The van der Waals surface area contributed by atoms with Gasteiger partial charge in [0.1, 0.15) is 0 Å². The fourth-order valence-electron chi connectivity index (χ4n) is 2.55. The first-order valence-corrected chi connectivity index (χ1v) is 9.19. The molecule has 126 valence electrons. The van der Waals surface area contributed by atoms with Gasteiger partial charge in [-0.25, -0.2) is 4.98 Å². The Morgan fingerprint density at radius 2 is 2.04 bits per heavy atom. The van der Waals surface area contributed by atoms with E-state index >= 15 is 0 Å². The molecule has 0 radical (unpaired) electrons. The molecule has 1 N–H and O–H groups in total. The zero-order chi connectivity index (χ0) is 17.1. The van der Waals surface area contributed by atoms with Crippen LogP contribution >= 0.6 is 22.9 Å². The number of hydrogen-bond donors (Lipinski definition) is 1. The number of nitrogens with one attached hydrogen (secondary N) is 1. The van der Waals surface area contributed by atoms with Gasteiger partial charge in [0.05, 0.1) is 0 Å². The van der Waals surface area contributed by atoms with E-state index in [9.17, 15) is 4.79 Å². The van der Waals surface area contributed by atoms with Crippen LogP contribution in [-0.4, -0.2) is 21.1 Å². The van der Waals surface area contributed by atoms with E-state index in [1.54, 1.807) is 6.07 Å². The van der Waals surface area contributed by atoms with Gasteiger partial charge in [0.2, 0.25) is 10.1 Å². The van der Waals surface area contributed by atoms with Crippen LogP contribution in [0.5, 0.6) is 0 Å². The van der Waals surface area contributed by atoms with Crippen molar-refractivity contribution in [1.29, 1.82) is 0 Å². The van der Waals surface area contributed by atoms with Gasteiger partial charge in [-0.2, -0.15) is 4.52 Å². The summed E-state index contributed by atoms with van der Waals surface area (Å²) in [5.74, 6) is 0.352. The van der Waals surface area contributed by atoms with Crippen molar-refractivity contribution >= 4 is 33.0 Å². The van der Waals surface area contributed by atoms with Gasteiger partial charge in [-0.05, 0) is 30.5 Å². The number of anilines is 1. The number of aryl methyl sites for hydroxylation is 1. The van der Waals surface area contributed by atoms with E-state index in [2.05, 4.69) is 34.5 Å². The van der Waals surface area contributed by atoms with Crippen LogP contribution in [0.25, 0.3) is 4.96 Å². The Kier molecular flexibility index (Phi) is 5.16. The van der Waals surface area contributed by atoms with Gasteiger partial charge in [0, 0.05) is 29.2 Å². The highest BCUT2D eigenvalue weighted by atomic mass is 35.5. The number of rotatable bonds is 6. The second-order valence-electron chi connectivity index (χ2n) is 5.58. The molecule has 0 aliphatic carbocycles. The third-order valence-corrected chi connectivity index (χ3v) is 5.11. The molecule has 0 aliphatic heterocycles. The van der Waals surface area contributed by atoms with Gasteiger partial charge in [-0.15, -0.1) is 5.10 Å². The molecule has 1 unspecified atom stereocenters. The van der Waals surface area contributed by atoms with E-state index in [0.29, 0.717) is 16.0 Å². The zero-order valence-corrected chi connectivity index (χ0v) is 15.2. The molecule has 0 fully saturated rings. The molecule has 0 amide bonds. The summed E-state index contributed by atoms with van der Waals surface area (Å²) in [6.45, 7) is 4.88. The fourth-order valence-corrected chi connectivity index (χ4v) is 3.51. The minimum atomic E-state index is -0.133. The molecule has 0 bridgehead atoms. The Morgan fingerprint density at radius 3 is 2.71 bits per heavy atom. The van der Waals surface area contributed by atoms with Crippen LogP contribution in [0.1, 0.15) is 37.4 Å². The van der Waals surface area contributed by atoms with Crippen molar-refractivity contribution < 1.29 is 0 Å². The molecule has 0 saturated carbocycles. The minimum absolute atomic E-state index is 0.133. The van der Waals surface area contributed by atoms with Crippen LogP contribution in [0.3, 0.4) is 0 Å². The standard InChI is InChI=1S/C17H19ClN4OS/c1-3-11(12-5-7-13(18)8-6-12)10-19-16-21-22-15(23)9-14(4-2)20-17(22)24-16/h5-9,11H,3-4,10H2,1-2H3,(H,19,21). The van der Waals surface area contributed by atoms with Gasteiger partial charge in [-0.3, -0.25) is 4.79 Å². The molecule has 2 aromatic heterocycles. The van der Waals surface area contributed by atoms with E-state index in [1.807, 2.05) is 19.1 Å². The molecule has 24 heavy (non-hydrogen) atoms. The van der Waals surface area contributed by atoms with Crippen LogP contribution in [0, 0.1) is 0 Å². The zero-order valence-electron chi connectivity index (χ0n) is 13.6. The lowest BCUT2D eigenvalue weighted by Crippen LogP contribution is -2.16. The van der Waals surface area contributed by atoms with Crippen molar-refractivity contribution in [3.05, 3.63) is 57.0 Å². The van der Waals surface area contributed by atoms with Crippen LogP contribution < -0.4 is 10.9 Å². The van der Waals surface area contributed by atoms with Gasteiger partial charge in [0.25, 0.3) is 5.56 Å². The molecule has 0 spiro atoms. The average Bonchev–Trinajstić information content (AvgIpc) is 3.00. The summed E-state index contributed by atoms with van der Waals surface area (Å²) in [5.41, 5.74) is 1.90. The van der Waals surface area contributed by atoms with E-state index < -0.39 is 0 Å². The highest BCUT2D eigenvalue weighted by Crippen LogP contribution is 2.23. The molecule has 0 aliphatic rings. The number of fused-ring (bicyclic) bond motifs is 1. The Balaban J connectivity index is 1.78. The van der Waals surface area contributed by atoms with Crippen molar-refractivity contribution in [2.75, 3.05) is 11.9 Å². The predicted molar refractivity (Wildman–Crippen MR) is 99.5 cm³/mol. The van der Waals surface area contributed by atoms with E-state index in [4.69, 9.17) is 11.6 Å². The number of benzene rings is 1. The van der Waals surface area contributed by atoms with Crippen molar-refractivity contribution in [1.82, 2.24) is 14.6 Å². The molecule has 0 saturated heterocycles. The summed E-state index contributed by atoms with van der Waals surface area (Å²) in [7, 11) is 0. The van der Waals surface area contributed by atoms with Crippen LogP contribution in [0.15, 0.2) is 35.1 Å². The van der Waals surface area contributed by atoms with Gasteiger partial charge < -0.3 is 5.32 Å². The summed E-state index contributed by atoms with van der Waals surface area (Å²) in [5, 5.41) is 9.12. The topological polar surface area (TPSA) is 59.3 Å². The maximum Gasteiger partial charge on any atom is 0.275 e. The first kappa shape index (κ1) is 16.9. The first-order chi connectivity index (χ1) is 11.6. The van der Waals surface area contributed by atoms with Crippen molar-refractivity contribution in [2.24, 2.45) is 0 Å². The van der Waals surface area contributed by atoms with Crippen LogP contribution in [0.4, 0.5) is 5.13 Å². The second kappa shape index (κ2) is 7.32. The summed E-state index contributed by atoms with van der Waals surface area (Å²) in [6.07, 6.45) is 1.73. The Bertz CT molecular complexity index is 888. The SMILES string of the molecule is CCc1cc(=O)n2nc(NCC(CC)c3ccc(Cl)cc3)sc2n1. The third kappa shape index (κ3) is 3.60. The summed E-state index contributed by atoms with van der Waals surface area (Å²) in [6, 6.07) is 9.46. The largest absolute Gasteiger partial charge is 0.359 e. The molecular formula is C17H19ClN4OS. The van der Waals surface area contributed by atoms with Crippen molar-refractivity contribution in [3.8, 4) is 0 Å². The number of hydrogen-bond acceptors (Lipinski definition) is 5. The molecule has 2 heterocycles. The second-order valence-corrected chi connectivity index (χ2v) is 6.97. The van der Waals surface area contributed by atoms with Crippen molar-refractivity contribution in [3.63, 3.8) is 0 Å². The third-order valence-electron chi connectivity index (χ3n) is 3.99. The maximum atomic E-state index is 12.0. The van der Waals surface area contributed by atoms with Gasteiger partial charge in [0.15, 0.2) is 0 Å². The molecule has 1 aromatic carbocycles. The molecule has 1 atom stereocenters. The lowest BCUT2D eigenvalue weighted by Gasteiger charge is -2.15. The molecule has 3 rings (SSSR count). The van der Waals surface area contributed by atoms with Gasteiger partial charge >= 0.3 is 0 Å². The Labute approximate surface area is 149 Å².